The van der Waals surface area contributed by atoms with Crippen LogP contribution in [0.1, 0.15) is 32.4 Å². The maximum Gasteiger partial charge on any atom is 0.194 e. The van der Waals surface area contributed by atoms with Gasteiger partial charge in [-0.2, -0.15) is 5.10 Å². The maximum atomic E-state index is 5.96. The number of aryl methyl sites for hydroxylation is 1. The first-order chi connectivity index (χ1) is 13.0. The van der Waals surface area contributed by atoms with Crippen LogP contribution >= 0.6 is 0 Å². The minimum absolute atomic E-state index is 0.0383. The summed E-state index contributed by atoms with van der Waals surface area (Å²) in [7, 11) is 1.93. The molecule has 8 nitrogen and oxygen atoms in total. The van der Waals surface area contributed by atoms with E-state index in [-0.39, 0.29) is 11.7 Å². The Hall–Kier alpha value is -1.64. The van der Waals surface area contributed by atoms with Crippen molar-refractivity contribution in [2.45, 2.75) is 32.5 Å². The molecule has 1 N–H and O–H groups in total. The Morgan fingerprint density at radius 3 is 2.93 bits per heavy atom. The highest BCUT2D eigenvalue weighted by Gasteiger charge is 2.27. The Morgan fingerprint density at radius 1 is 1.37 bits per heavy atom. The van der Waals surface area contributed by atoms with Crippen LogP contribution in [0.5, 0.6) is 0 Å². The number of nitrogens with zero attached hydrogens (tertiary/aromatic N) is 5. The molecule has 1 unspecified atom stereocenters. The summed E-state index contributed by atoms with van der Waals surface area (Å²) in [5, 5.41) is 7.71. The SMILES string of the molecule is CCNC(=NCCN1CCOC(C)(C)C1)N1CCOC(c2cnn(C)c2)C1. The highest BCUT2D eigenvalue weighted by Crippen LogP contribution is 2.21. The number of rotatable bonds is 5. The molecule has 8 heteroatoms. The third kappa shape index (κ3) is 5.67. The number of ether oxygens (including phenoxy) is 2. The number of aromatic nitrogens is 2. The molecule has 152 valence electrons. The molecule has 0 aromatic carbocycles. The van der Waals surface area contributed by atoms with Crippen LogP contribution in [-0.4, -0.2) is 90.2 Å². The Kier molecular flexibility index (Phi) is 6.73. The van der Waals surface area contributed by atoms with Gasteiger partial charge in [0.2, 0.25) is 0 Å². The zero-order chi connectivity index (χ0) is 19.3. The van der Waals surface area contributed by atoms with E-state index < -0.39 is 0 Å². The number of hydrogen-bond acceptors (Lipinski definition) is 5. The van der Waals surface area contributed by atoms with Crippen LogP contribution in [0.3, 0.4) is 0 Å². The molecule has 0 amide bonds. The summed E-state index contributed by atoms with van der Waals surface area (Å²) >= 11 is 0. The van der Waals surface area contributed by atoms with Gasteiger partial charge in [0.05, 0.1) is 38.1 Å². The van der Waals surface area contributed by atoms with Crippen molar-refractivity contribution in [2.75, 3.05) is 59.0 Å². The molecule has 1 atom stereocenters. The summed E-state index contributed by atoms with van der Waals surface area (Å²) in [4.78, 5) is 9.62. The van der Waals surface area contributed by atoms with Gasteiger partial charge in [0.1, 0.15) is 6.10 Å². The number of nitrogens with one attached hydrogen (secondary N) is 1. The van der Waals surface area contributed by atoms with Crippen LogP contribution in [0.2, 0.25) is 0 Å². The largest absolute Gasteiger partial charge is 0.373 e. The van der Waals surface area contributed by atoms with Gasteiger partial charge in [-0.15, -0.1) is 0 Å². The molecular formula is C19H34N6O2. The first kappa shape index (κ1) is 20.1. The lowest BCUT2D eigenvalue weighted by atomic mass is 10.1. The monoisotopic (exact) mass is 378 g/mol. The van der Waals surface area contributed by atoms with E-state index in [1.165, 1.54) is 0 Å². The van der Waals surface area contributed by atoms with Crippen LogP contribution in [0.15, 0.2) is 17.4 Å². The first-order valence-corrected chi connectivity index (χ1v) is 9.96. The molecular weight excluding hydrogens is 344 g/mol. The summed E-state index contributed by atoms with van der Waals surface area (Å²) in [5.41, 5.74) is 1.06. The summed E-state index contributed by atoms with van der Waals surface area (Å²) in [6.07, 6.45) is 3.95. The fourth-order valence-corrected chi connectivity index (χ4v) is 3.68. The zero-order valence-corrected chi connectivity index (χ0v) is 17.1. The quantitative estimate of drug-likeness (QED) is 0.606. The maximum absolute atomic E-state index is 5.96. The van der Waals surface area contributed by atoms with Crippen molar-refractivity contribution in [3.8, 4) is 0 Å². The van der Waals surface area contributed by atoms with Crippen molar-refractivity contribution in [1.82, 2.24) is 24.9 Å². The second-order valence-electron chi connectivity index (χ2n) is 7.87. The van der Waals surface area contributed by atoms with Gasteiger partial charge < -0.3 is 19.7 Å². The first-order valence-electron chi connectivity index (χ1n) is 9.96. The lowest BCUT2D eigenvalue weighted by Gasteiger charge is -2.38. The van der Waals surface area contributed by atoms with E-state index >= 15 is 0 Å². The van der Waals surface area contributed by atoms with Crippen molar-refractivity contribution in [3.63, 3.8) is 0 Å². The van der Waals surface area contributed by atoms with E-state index in [2.05, 4.69) is 41.0 Å². The Labute approximate surface area is 162 Å². The molecule has 0 saturated carbocycles. The van der Waals surface area contributed by atoms with E-state index in [1.54, 1.807) is 0 Å². The van der Waals surface area contributed by atoms with Gasteiger partial charge >= 0.3 is 0 Å². The molecule has 2 fully saturated rings. The topological polar surface area (TPSA) is 67.2 Å². The fourth-order valence-electron chi connectivity index (χ4n) is 3.68. The van der Waals surface area contributed by atoms with Gasteiger partial charge in [0, 0.05) is 51.5 Å². The molecule has 2 aliphatic rings. The molecule has 0 aliphatic carbocycles. The van der Waals surface area contributed by atoms with E-state index in [4.69, 9.17) is 14.5 Å². The van der Waals surface area contributed by atoms with Crippen LogP contribution in [0.4, 0.5) is 0 Å². The summed E-state index contributed by atoms with van der Waals surface area (Å²) in [5.74, 6) is 0.974. The highest BCUT2D eigenvalue weighted by atomic mass is 16.5. The van der Waals surface area contributed by atoms with Crippen LogP contribution in [0, 0.1) is 0 Å². The predicted octanol–water partition coefficient (Wildman–Crippen LogP) is 0.870. The molecule has 2 aliphatic heterocycles. The van der Waals surface area contributed by atoms with Gasteiger partial charge in [-0.1, -0.05) is 0 Å². The Bertz CT molecular complexity index is 629. The fraction of sp³-hybridized carbons (Fsp3) is 0.789. The second kappa shape index (κ2) is 9.03. The van der Waals surface area contributed by atoms with Gasteiger partial charge in [-0.05, 0) is 20.8 Å². The molecule has 3 rings (SSSR count). The minimum atomic E-state index is -0.0619. The van der Waals surface area contributed by atoms with Crippen LogP contribution < -0.4 is 5.32 Å². The summed E-state index contributed by atoms with van der Waals surface area (Å²) < 4.78 is 13.6. The predicted molar refractivity (Wildman–Crippen MR) is 106 cm³/mol. The lowest BCUT2D eigenvalue weighted by molar-refractivity contribution is -0.0850. The van der Waals surface area contributed by atoms with Gasteiger partial charge in [0.15, 0.2) is 5.96 Å². The number of aliphatic imine (C=N–C) groups is 1. The Morgan fingerprint density at radius 2 is 2.22 bits per heavy atom. The van der Waals surface area contributed by atoms with Gasteiger partial charge in [0.25, 0.3) is 0 Å². The molecule has 27 heavy (non-hydrogen) atoms. The lowest BCUT2D eigenvalue weighted by Crippen LogP contribution is -2.50. The molecule has 3 heterocycles. The third-order valence-electron chi connectivity index (χ3n) is 4.98. The molecule has 1 aromatic heterocycles. The van der Waals surface area contributed by atoms with E-state index in [0.717, 1.165) is 63.9 Å². The van der Waals surface area contributed by atoms with Crippen molar-refractivity contribution in [2.24, 2.45) is 12.0 Å². The van der Waals surface area contributed by atoms with Crippen LogP contribution in [0.25, 0.3) is 0 Å². The minimum Gasteiger partial charge on any atom is -0.373 e. The van der Waals surface area contributed by atoms with Crippen molar-refractivity contribution in [1.29, 1.82) is 0 Å². The van der Waals surface area contributed by atoms with Crippen molar-refractivity contribution < 1.29 is 9.47 Å². The molecule has 2 saturated heterocycles. The number of hydrogen-bond donors (Lipinski definition) is 1. The average Bonchev–Trinajstić information content (AvgIpc) is 3.07. The van der Waals surface area contributed by atoms with Crippen LogP contribution in [-0.2, 0) is 16.5 Å². The standard InChI is InChI=1S/C19H34N6O2/c1-5-20-18(21-6-7-24-8-11-27-19(2,3)15-24)25-9-10-26-17(14-25)16-12-22-23(4)13-16/h12-13,17H,5-11,14-15H2,1-4H3,(H,20,21). The Balaban J connectivity index is 1.57. The highest BCUT2D eigenvalue weighted by molar-refractivity contribution is 5.80. The second-order valence-corrected chi connectivity index (χ2v) is 7.87. The van der Waals surface area contributed by atoms with E-state index in [1.807, 2.05) is 24.1 Å². The van der Waals surface area contributed by atoms with E-state index in [9.17, 15) is 0 Å². The third-order valence-corrected chi connectivity index (χ3v) is 4.98. The van der Waals surface area contributed by atoms with E-state index in [0.29, 0.717) is 6.61 Å². The molecule has 1 aromatic rings. The summed E-state index contributed by atoms with van der Waals surface area (Å²) in [6.45, 7) is 14.1. The van der Waals surface area contributed by atoms with Gasteiger partial charge in [-0.3, -0.25) is 14.6 Å². The van der Waals surface area contributed by atoms with Crippen molar-refractivity contribution >= 4 is 5.96 Å². The van der Waals surface area contributed by atoms with Crippen molar-refractivity contribution in [3.05, 3.63) is 18.0 Å². The smallest absolute Gasteiger partial charge is 0.194 e. The zero-order valence-electron chi connectivity index (χ0n) is 17.1. The van der Waals surface area contributed by atoms with Gasteiger partial charge in [-0.25, -0.2) is 0 Å². The molecule has 0 radical (unpaired) electrons. The summed E-state index contributed by atoms with van der Waals surface area (Å²) in [6, 6.07) is 0. The average molecular weight is 379 g/mol. The molecule has 0 bridgehead atoms. The molecule has 0 spiro atoms. The normalized spacial score (nSPS) is 24.2. The number of morpholine rings is 2. The number of guanidine groups is 1.